The summed E-state index contributed by atoms with van der Waals surface area (Å²) in [5, 5.41) is 21.1. The Bertz CT molecular complexity index is 2680. The lowest BCUT2D eigenvalue weighted by molar-refractivity contribution is 0.0515. The predicted octanol–water partition coefficient (Wildman–Crippen LogP) is 5.32. The average Bonchev–Trinajstić information content (AvgIpc) is 3.61. The molecule has 3 aromatic heterocycles. The summed E-state index contributed by atoms with van der Waals surface area (Å²) in [5.74, 6) is -3.17. The zero-order valence-electron chi connectivity index (χ0n) is 27.4. The summed E-state index contributed by atoms with van der Waals surface area (Å²) in [4.78, 5) is 71.7. The van der Waals surface area contributed by atoms with E-state index in [1.807, 2.05) is 0 Å². The second-order valence-corrected chi connectivity index (χ2v) is 12.6. The van der Waals surface area contributed by atoms with Gasteiger partial charge >= 0.3 is 11.9 Å². The number of fused-ring (bicyclic) bond motifs is 2. The molecule has 1 amide bonds. The van der Waals surface area contributed by atoms with Gasteiger partial charge in [-0.2, -0.15) is 9.69 Å². The van der Waals surface area contributed by atoms with Gasteiger partial charge in [-0.05, 0) is 62.4 Å². The van der Waals surface area contributed by atoms with Crippen LogP contribution in [0, 0.1) is 0 Å². The molecule has 3 N–H and O–H groups in total. The number of nitrogens with zero attached hydrogens (tertiary/aromatic N) is 4. The molecule has 0 spiro atoms. The number of halogens is 4. The zero-order chi connectivity index (χ0) is 38.1. The van der Waals surface area contributed by atoms with E-state index in [0.717, 1.165) is 9.69 Å². The highest BCUT2D eigenvalue weighted by Crippen LogP contribution is 2.35. The summed E-state index contributed by atoms with van der Waals surface area (Å²) >= 11 is 24.9. The Kier molecular flexibility index (Phi) is 10.6. The number of allylic oxidation sites excluding steroid dienone is 3. The summed E-state index contributed by atoms with van der Waals surface area (Å²) in [7, 11) is 0. The molecule has 1 aliphatic heterocycles. The normalized spacial score (nSPS) is 13.0. The van der Waals surface area contributed by atoms with Gasteiger partial charge in [0.2, 0.25) is 5.88 Å². The van der Waals surface area contributed by atoms with Crippen LogP contribution in [0.1, 0.15) is 50.5 Å². The first-order valence-electron chi connectivity index (χ1n) is 15.5. The maximum absolute atomic E-state index is 13.6. The first kappa shape index (κ1) is 37.1. The molecule has 0 unspecified atom stereocenters. The van der Waals surface area contributed by atoms with Crippen molar-refractivity contribution in [1.82, 2.24) is 19.7 Å². The Balaban J connectivity index is 1.43. The zero-order valence-corrected chi connectivity index (χ0v) is 30.4. The highest BCUT2D eigenvalue weighted by Gasteiger charge is 2.34. The first-order valence-corrected chi connectivity index (χ1v) is 17.0. The number of hydrogen-bond donors (Lipinski definition) is 3. The van der Waals surface area contributed by atoms with Gasteiger partial charge in [0.1, 0.15) is 5.56 Å². The fourth-order valence-electron chi connectivity index (χ4n) is 5.43. The van der Waals surface area contributed by atoms with Crippen molar-refractivity contribution in [2.24, 2.45) is 5.10 Å². The number of benzene rings is 2. The van der Waals surface area contributed by atoms with E-state index in [0.29, 0.717) is 0 Å². The van der Waals surface area contributed by atoms with E-state index in [4.69, 9.17) is 55.9 Å². The molecule has 18 heteroatoms. The predicted molar refractivity (Wildman–Crippen MR) is 199 cm³/mol. The Hall–Kier alpha value is -5.67. The minimum Gasteiger partial charge on any atom is -0.493 e. The lowest BCUT2D eigenvalue weighted by Gasteiger charge is -2.14. The number of aromatic nitrogens is 4. The minimum absolute atomic E-state index is 0.0437. The summed E-state index contributed by atoms with van der Waals surface area (Å²) < 4.78 is 11.4. The van der Waals surface area contributed by atoms with Crippen molar-refractivity contribution in [3.8, 4) is 11.6 Å². The summed E-state index contributed by atoms with van der Waals surface area (Å²) in [6, 6.07) is 8.85. The smallest absolute Gasteiger partial charge is 0.339 e. The van der Waals surface area contributed by atoms with Crippen LogP contribution in [0.2, 0.25) is 20.1 Å². The number of carbonyl (C=O) groups excluding carboxylic acids is 3. The quantitative estimate of drug-likeness (QED) is 0.131. The maximum Gasteiger partial charge on any atom is 0.339 e. The standard InChI is InChI=1S/C35H24Cl4N6O8/c1-3-52-34(50)24-18(30(46)40-28-26(24)32(48)44(42-28)22-14-16(36)10-12-20(22)38)8-6-5-7-9-19-25(35(51)53-4-2)27-29(41-31(19)47)43-45(33(27)49)23-15-17(37)11-13-21(23)39/h5-15,48H,3-4H2,1-2H3,(H,40,42,46)(H,41,43,47)/b7-5?,8-6?,19-9+. The highest BCUT2D eigenvalue weighted by atomic mass is 35.5. The molecular formula is C35H24Cl4N6O8. The van der Waals surface area contributed by atoms with E-state index >= 15 is 0 Å². The number of esters is 2. The Morgan fingerprint density at radius 3 is 2.11 bits per heavy atom. The van der Waals surface area contributed by atoms with E-state index < -0.39 is 34.8 Å². The number of nitrogens with one attached hydrogen (secondary N) is 2. The molecule has 0 radical (unpaired) electrons. The van der Waals surface area contributed by atoms with E-state index in [1.165, 1.54) is 66.8 Å². The van der Waals surface area contributed by atoms with Gasteiger partial charge in [-0.25, -0.2) is 9.59 Å². The third kappa shape index (κ3) is 6.97. The van der Waals surface area contributed by atoms with E-state index in [1.54, 1.807) is 13.8 Å². The van der Waals surface area contributed by atoms with E-state index in [9.17, 15) is 29.1 Å². The van der Waals surface area contributed by atoms with Crippen molar-refractivity contribution < 1.29 is 29.0 Å². The highest BCUT2D eigenvalue weighted by molar-refractivity contribution is 6.36. The molecule has 4 heterocycles. The van der Waals surface area contributed by atoms with Crippen molar-refractivity contribution in [2.75, 3.05) is 18.2 Å². The molecule has 6 rings (SSSR count). The topological polar surface area (TPSA) is 189 Å². The average molecular weight is 798 g/mol. The van der Waals surface area contributed by atoms with Gasteiger partial charge in [-0.1, -0.05) is 64.6 Å². The molecule has 5 aromatic rings. The molecule has 270 valence electrons. The Morgan fingerprint density at radius 2 is 1.45 bits per heavy atom. The van der Waals surface area contributed by atoms with Crippen LogP contribution >= 0.6 is 46.4 Å². The third-order valence-corrected chi connectivity index (χ3v) is 8.79. The second kappa shape index (κ2) is 15.1. The SMILES string of the molecule is CCOC(=O)c1c2c([nH]c(=O)/c1=C/C=CC=Cc1c(C(=O)OCC)c3c(O)n(-c4cc(Cl)ccc4Cl)nc3[nH]c1=O)=NN(c1cc(Cl)ccc1Cl)C2=O. The molecule has 0 bridgehead atoms. The number of anilines is 1. The van der Waals surface area contributed by atoms with Crippen molar-refractivity contribution in [3.63, 3.8) is 0 Å². The van der Waals surface area contributed by atoms with Crippen LogP contribution in [0.25, 0.3) is 28.9 Å². The van der Waals surface area contributed by atoms with Crippen LogP contribution < -0.4 is 26.8 Å². The molecular weight excluding hydrogens is 774 g/mol. The van der Waals surface area contributed by atoms with E-state index in [-0.39, 0.29) is 88.7 Å². The Labute approximate surface area is 317 Å². The van der Waals surface area contributed by atoms with Gasteiger partial charge in [0, 0.05) is 10.0 Å². The monoisotopic (exact) mass is 796 g/mol. The summed E-state index contributed by atoms with van der Waals surface area (Å²) in [6.07, 6.45) is 6.62. The number of pyridine rings is 2. The molecule has 0 fully saturated rings. The van der Waals surface area contributed by atoms with Crippen molar-refractivity contribution in [3.05, 3.63) is 128 Å². The second-order valence-electron chi connectivity index (χ2n) is 10.9. The van der Waals surface area contributed by atoms with Gasteiger partial charge in [-0.15, -0.1) is 10.2 Å². The van der Waals surface area contributed by atoms with Crippen LogP contribution in [0.5, 0.6) is 5.88 Å². The number of hydrogen-bond acceptors (Lipinski definition) is 10. The van der Waals surface area contributed by atoms with Crippen LogP contribution in [0.15, 0.2) is 69.3 Å². The van der Waals surface area contributed by atoms with Crippen LogP contribution in [0.4, 0.5) is 5.69 Å². The number of amides is 1. The molecule has 0 saturated heterocycles. The third-order valence-electron chi connectivity index (χ3n) is 7.68. The fourth-order valence-corrected chi connectivity index (χ4v) is 6.16. The fraction of sp³-hybridized carbons (Fsp3) is 0.114. The molecule has 0 aliphatic carbocycles. The molecule has 0 atom stereocenters. The van der Waals surface area contributed by atoms with Crippen molar-refractivity contribution in [2.45, 2.75) is 13.8 Å². The minimum atomic E-state index is -0.953. The molecule has 0 saturated carbocycles. The number of H-pyrrole nitrogens is 2. The van der Waals surface area contributed by atoms with Gasteiger partial charge in [0.25, 0.3) is 17.0 Å². The largest absolute Gasteiger partial charge is 0.493 e. The lowest BCUT2D eigenvalue weighted by atomic mass is 10.1. The molecule has 53 heavy (non-hydrogen) atoms. The van der Waals surface area contributed by atoms with Gasteiger partial charge in [0.15, 0.2) is 11.1 Å². The van der Waals surface area contributed by atoms with Gasteiger partial charge < -0.3 is 24.5 Å². The Morgan fingerprint density at radius 1 is 0.830 bits per heavy atom. The van der Waals surface area contributed by atoms with Crippen LogP contribution in [0.3, 0.4) is 0 Å². The van der Waals surface area contributed by atoms with Gasteiger partial charge in [0.05, 0.1) is 61.9 Å². The molecule has 14 nitrogen and oxygen atoms in total. The van der Waals surface area contributed by atoms with Crippen molar-refractivity contribution in [1.29, 1.82) is 0 Å². The summed E-state index contributed by atoms with van der Waals surface area (Å²) in [5.41, 5.74) is -2.58. The molecule has 2 aromatic carbocycles. The number of aromatic hydroxyl groups is 1. The van der Waals surface area contributed by atoms with Crippen LogP contribution in [-0.2, 0) is 9.47 Å². The number of aromatic amines is 2. The van der Waals surface area contributed by atoms with Gasteiger partial charge in [-0.3, -0.25) is 14.4 Å². The maximum atomic E-state index is 13.6. The lowest BCUT2D eigenvalue weighted by Crippen LogP contribution is -2.41. The number of ether oxygens (including phenoxy) is 2. The van der Waals surface area contributed by atoms with Crippen LogP contribution in [-0.4, -0.2) is 55.9 Å². The number of carbonyl (C=O) groups is 3. The first-order chi connectivity index (χ1) is 25.4. The molecule has 1 aliphatic rings. The van der Waals surface area contributed by atoms with Crippen molar-refractivity contribution >= 4 is 93.1 Å². The van der Waals surface area contributed by atoms with E-state index in [2.05, 4.69) is 20.2 Å². The number of rotatable bonds is 9. The summed E-state index contributed by atoms with van der Waals surface area (Å²) in [6.45, 7) is 3.03.